The maximum absolute atomic E-state index is 6.13. The molecule has 1 aromatic heterocycles. The van der Waals surface area contributed by atoms with E-state index in [1.54, 1.807) is 0 Å². The van der Waals surface area contributed by atoms with Gasteiger partial charge in [-0.1, -0.05) is 35.9 Å². The molecule has 3 aromatic rings. The molecule has 1 N–H and O–H groups in total. The lowest BCUT2D eigenvalue weighted by atomic mass is 10.2. The number of rotatable bonds is 3. The average molecular weight is 292 g/mol. The van der Waals surface area contributed by atoms with Gasteiger partial charge >= 0.3 is 0 Å². The lowest BCUT2D eigenvalue weighted by Gasteiger charge is -2.05. The molecule has 0 spiro atoms. The van der Waals surface area contributed by atoms with Crippen LogP contribution in [0.25, 0.3) is 11.0 Å². The van der Waals surface area contributed by atoms with Crippen LogP contribution in [0, 0.1) is 0 Å². The highest BCUT2D eigenvalue weighted by atomic mass is 35.5. The summed E-state index contributed by atoms with van der Waals surface area (Å²) >= 11 is 12.1. The lowest BCUT2D eigenvalue weighted by molar-refractivity contribution is 0.613. The van der Waals surface area contributed by atoms with Gasteiger partial charge in [0.2, 0.25) is 0 Å². The predicted octanol–water partition coefficient (Wildman–Crippen LogP) is 5.35. The number of hydrogen-bond acceptors (Lipinski definition) is 2. The first-order valence-corrected chi connectivity index (χ1v) is 6.65. The highest BCUT2D eigenvalue weighted by molar-refractivity contribution is 6.31. The molecule has 0 aliphatic heterocycles. The Bertz CT molecular complexity index is 721. The Morgan fingerprint density at radius 1 is 1.00 bits per heavy atom. The molecule has 0 atom stereocenters. The van der Waals surface area contributed by atoms with Crippen LogP contribution >= 0.6 is 23.2 Å². The van der Waals surface area contributed by atoms with Gasteiger partial charge in [0.1, 0.15) is 5.58 Å². The molecule has 3 rings (SSSR count). The maximum Gasteiger partial charge on any atom is 0.199 e. The van der Waals surface area contributed by atoms with Crippen LogP contribution in [-0.2, 0) is 6.54 Å². The minimum Gasteiger partial charge on any atom is -0.444 e. The van der Waals surface area contributed by atoms with Crippen LogP contribution < -0.4 is 5.32 Å². The Morgan fingerprint density at radius 3 is 2.68 bits per heavy atom. The van der Waals surface area contributed by atoms with Gasteiger partial charge in [-0.3, -0.25) is 0 Å². The third-order valence-corrected chi connectivity index (χ3v) is 3.48. The second-order valence-corrected chi connectivity index (χ2v) is 4.99. The summed E-state index contributed by atoms with van der Waals surface area (Å²) in [5, 5.41) is 5.45. The molecule has 19 heavy (non-hydrogen) atoms. The Kier molecular flexibility index (Phi) is 3.36. The molecule has 96 valence electrons. The Balaban J connectivity index is 1.87. The summed E-state index contributed by atoms with van der Waals surface area (Å²) in [5.41, 5.74) is 2.71. The van der Waals surface area contributed by atoms with Crippen molar-refractivity contribution >= 4 is 39.9 Å². The number of benzene rings is 2. The zero-order chi connectivity index (χ0) is 13.2. The van der Waals surface area contributed by atoms with E-state index in [0.717, 1.165) is 22.2 Å². The molecule has 0 saturated heterocycles. The van der Waals surface area contributed by atoms with Crippen LogP contribution in [0.1, 0.15) is 5.56 Å². The van der Waals surface area contributed by atoms with Crippen molar-refractivity contribution in [2.75, 3.05) is 5.32 Å². The van der Waals surface area contributed by atoms with Crippen LogP contribution in [0.15, 0.2) is 52.9 Å². The molecule has 0 radical (unpaired) electrons. The van der Waals surface area contributed by atoms with Crippen molar-refractivity contribution in [3.63, 3.8) is 0 Å². The molecule has 0 aliphatic rings. The van der Waals surface area contributed by atoms with E-state index in [1.807, 2.05) is 48.5 Å². The number of fused-ring (bicyclic) bond motifs is 1. The van der Waals surface area contributed by atoms with E-state index in [1.165, 1.54) is 0 Å². The predicted molar refractivity (Wildman–Crippen MR) is 80.0 cm³/mol. The van der Waals surface area contributed by atoms with Gasteiger partial charge in [0, 0.05) is 28.2 Å². The van der Waals surface area contributed by atoms with E-state index in [-0.39, 0.29) is 0 Å². The molecule has 0 bridgehead atoms. The third-order valence-electron chi connectivity index (χ3n) is 2.94. The van der Waals surface area contributed by atoms with Gasteiger partial charge < -0.3 is 9.73 Å². The van der Waals surface area contributed by atoms with Crippen molar-refractivity contribution in [1.29, 1.82) is 0 Å². The van der Waals surface area contributed by atoms with Gasteiger partial charge in [0.05, 0.1) is 0 Å². The smallest absolute Gasteiger partial charge is 0.199 e. The number of furan rings is 1. The van der Waals surface area contributed by atoms with E-state index in [9.17, 15) is 0 Å². The topological polar surface area (TPSA) is 25.2 Å². The van der Waals surface area contributed by atoms with Crippen LogP contribution in [0.5, 0.6) is 0 Å². The van der Waals surface area contributed by atoms with Gasteiger partial charge in [0.25, 0.3) is 0 Å². The minimum atomic E-state index is 0.427. The molecule has 0 fully saturated rings. The lowest BCUT2D eigenvalue weighted by Crippen LogP contribution is -1.98. The van der Waals surface area contributed by atoms with Crippen LogP contribution in [0.2, 0.25) is 10.2 Å². The molecule has 4 heteroatoms. The molecule has 0 unspecified atom stereocenters. The zero-order valence-corrected chi connectivity index (χ0v) is 11.5. The standard InChI is InChI=1S/C15H11Cl2NO/c16-10-4-3-5-11(8-10)18-9-13-12-6-1-2-7-14(12)19-15(13)17/h1-8,18H,9H2. The molecular weight excluding hydrogens is 281 g/mol. The SMILES string of the molecule is Clc1cccc(NCc2c(Cl)oc3ccccc23)c1. The monoisotopic (exact) mass is 291 g/mol. The number of anilines is 1. The van der Waals surface area contributed by atoms with Crippen molar-refractivity contribution in [2.45, 2.75) is 6.54 Å². The van der Waals surface area contributed by atoms with E-state index in [2.05, 4.69) is 5.32 Å². The highest BCUT2D eigenvalue weighted by Crippen LogP contribution is 2.30. The van der Waals surface area contributed by atoms with E-state index in [4.69, 9.17) is 27.6 Å². The summed E-state index contributed by atoms with van der Waals surface area (Å²) in [7, 11) is 0. The number of nitrogens with one attached hydrogen (secondary N) is 1. The van der Waals surface area contributed by atoms with E-state index >= 15 is 0 Å². The summed E-state index contributed by atoms with van der Waals surface area (Å²) in [6.07, 6.45) is 0. The number of para-hydroxylation sites is 1. The van der Waals surface area contributed by atoms with Gasteiger partial charge in [-0.25, -0.2) is 0 Å². The maximum atomic E-state index is 6.13. The minimum absolute atomic E-state index is 0.427. The Hall–Kier alpha value is -1.64. The fourth-order valence-electron chi connectivity index (χ4n) is 2.02. The van der Waals surface area contributed by atoms with Gasteiger partial charge in [0.15, 0.2) is 5.22 Å². The van der Waals surface area contributed by atoms with Crippen molar-refractivity contribution in [2.24, 2.45) is 0 Å². The zero-order valence-electron chi connectivity index (χ0n) is 9.99. The summed E-state index contributed by atoms with van der Waals surface area (Å²) in [5.74, 6) is 0. The molecule has 2 nitrogen and oxygen atoms in total. The van der Waals surface area contributed by atoms with E-state index < -0.39 is 0 Å². The highest BCUT2D eigenvalue weighted by Gasteiger charge is 2.11. The number of hydrogen-bond donors (Lipinski definition) is 1. The molecule has 2 aromatic carbocycles. The molecule has 0 amide bonds. The van der Waals surface area contributed by atoms with Crippen LogP contribution in [0.3, 0.4) is 0 Å². The van der Waals surface area contributed by atoms with Crippen LogP contribution in [0.4, 0.5) is 5.69 Å². The fourth-order valence-corrected chi connectivity index (χ4v) is 2.46. The average Bonchev–Trinajstić information content (AvgIpc) is 2.72. The molecule has 0 saturated carbocycles. The number of halogens is 2. The van der Waals surface area contributed by atoms with Gasteiger partial charge in [-0.15, -0.1) is 0 Å². The van der Waals surface area contributed by atoms with Crippen molar-refractivity contribution in [3.05, 3.63) is 64.3 Å². The van der Waals surface area contributed by atoms with Crippen molar-refractivity contribution < 1.29 is 4.42 Å². The quantitative estimate of drug-likeness (QED) is 0.703. The van der Waals surface area contributed by atoms with Crippen LogP contribution in [-0.4, -0.2) is 0 Å². The summed E-state index contributed by atoms with van der Waals surface area (Å²) in [4.78, 5) is 0. The first-order valence-electron chi connectivity index (χ1n) is 5.89. The fraction of sp³-hybridized carbons (Fsp3) is 0.0667. The van der Waals surface area contributed by atoms with Gasteiger partial charge in [-0.2, -0.15) is 0 Å². The first kappa shape index (κ1) is 12.4. The van der Waals surface area contributed by atoms with Gasteiger partial charge in [-0.05, 0) is 35.9 Å². The Labute approximate surface area is 120 Å². The first-order chi connectivity index (χ1) is 9.24. The molecule has 1 heterocycles. The second kappa shape index (κ2) is 5.16. The van der Waals surface area contributed by atoms with Crippen molar-refractivity contribution in [3.8, 4) is 0 Å². The summed E-state index contributed by atoms with van der Waals surface area (Å²) in [6.45, 7) is 0.593. The van der Waals surface area contributed by atoms with E-state index in [0.29, 0.717) is 16.8 Å². The Morgan fingerprint density at radius 2 is 1.84 bits per heavy atom. The summed E-state index contributed by atoms with van der Waals surface area (Å²) < 4.78 is 5.51. The normalized spacial score (nSPS) is 10.8. The molecule has 0 aliphatic carbocycles. The van der Waals surface area contributed by atoms with Crippen molar-refractivity contribution in [1.82, 2.24) is 0 Å². The largest absolute Gasteiger partial charge is 0.444 e. The molecular formula is C15H11Cl2NO. The second-order valence-electron chi connectivity index (χ2n) is 4.21. The third kappa shape index (κ3) is 2.55. The summed E-state index contributed by atoms with van der Waals surface area (Å²) in [6, 6.07) is 15.4.